The Kier molecular flexibility index (Phi) is 7.24. The molecular formula is C13H25IO2. The Hall–Kier alpha value is 0.650. The highest BCUT2D eigenvalue weighted by molar-refractivity contribution is 14.1. The summed E-state index contributed by atoms with van der Waals surface area (Å²) in [5, 5.41) is 0. The van der Waals surface area contributed by atoms with E-state index >= 15 is 0 Å². The lowest BCUT2D eigenvalue weighted by molar-refractivity contribution is -0.181. The average molecular weight is 340 g/mol. The van der Waals surface area contributed by atoms with Crippen molar-refractivity contribution in [2.24, 2.45) is 11.8 Å². The van der Waals surface area contributed by atoms with Gasteiger partial charge in [0.05, 0.1) is 6.10 Å². The predicted octanol–water partition coefficient (Wildman–Crippen LogP) is 4.02. The molecule has 0 radical (unpaired) electrons. The molecule has 1 fully saturated rings. The van der Waals surface area contributed by atoms with Gasteiger partial charge in [-0.15, -0.1) is 0 Å². The molecule has 0 saturated heterocycles. The topological polar surface area (TPSA) is 18.5 Å². The summed E-state index contributed by atoms with van der Waals surface area (Å²) in [7, 11) is 0. The van der Waals surface area contributed by atoms with Crippen molar-refractivity contribution < 1.29 is 9.47 Å². The van der Waals surface area contributed by atoms with Crippen LogP contribution in [0.5, 0.6) is 0 Å². The van der Waals surface area contributed by atoms with Crippen LogP contribution in [0, 0.1) is 11.8 Å². The number of halogens is 1. The molecular weight excluding hydrogens is 315 g/mol. The monoisotopic (exact) mass is 340 g/mol. The predicted molar refractivity (Wildman–Crippen MR) is 76.0 cm³/mol. The molecule has 3 heteroatoms. The van der Waals surface area contributed by atoms with Crippen molar-refractivity contribution in [3.8, 4) is 0 Å². The molecule has 0 heterocycles. The van der Waals surface area contributed by atoms with E-state index in [4.69, 9.17) is 9.47 Å². The Morgan fingerprint density at radius 2 is 2.00 bits per heavy atom. The van der Waals surface area contributed by atoms with Gasteiger partial charge in [0.2, 0.25) is 0 Å². The van der Waals surface area contributed by atoms with Crippen LogP contribution in [0.3, 0.4) is 0 Å². The highest BCUT2D eigenvalue weighted by Crippen LogP contribution is 2.40. The molecule has 1 saturated carbocycles. The first-order valence-corrected chi connectivity index (χ1v) is 8.06. The number of alkyl halides is 1. The third kappa shape index (κ3) is 4.49. The Morgan fingerprint density at radius 3 is 2.50 bits per heavy atom. The van der Waals surface area contributed by atoms with Crippen molar-refractivity contribution in [1.29, 1.82) is 0 Å². The molecule has 1 aliphatic carbocycles. The van der Waals surface area contributed by atoms with E-state index < -0.39 is 0 Å². The average Bonchev–Trinajstić information content (AvgIpc) is 2.16. The standard InChI is InChI=1S/C13H25IO2/c1-4-11-8-12(9-11)13(6-7-14)16-10(3)15-5-2/h10-13H,4-9H2,1-3H3. The minimum Gasteiger partial charge on any atom is -0.353 e. The number of rotatable bonds is 8. The molecule has 0 aromatic heterocycles. The normalized spacial score (nSPS) is 28.5. The Labute approximate surface area is 114 Å². The third-order valence-electron chi connectivity index (χ3n) is 3.54. The molecule has 0 aromatic rings. The lowest BCUT2D eigenvalue weighted by atomic mass is 9.70. The Morgan fingerprint density at radius 1 is 1.31 bits per heavy atom. The second kappa shape index (κ2) is 7.88. The zero-order valence-electron chi connectivity index (χ0n) is 10.7. The maximum absolute atomic E-state index is 6.00. The van der Waals surface area contributed by atoms with Crippen LogP contribution in [0.2, 0.25) is 0 Å². The molecule has 0 aromatic carbocycles. The molecule has 2 atom stereocenters. The zero-order chi connectivity index (χ0) is 12.0. The summed E-state index contributed by atoms with van der Waals surface area (Å²) in [6.07, 6.45) is 5.58. The Balaban J connectivity index is 2.30. The largest absolute Gasteiger partial charge is 0.353 e. The number of hydrogen-bond donors (Lipinski definition) is 0. The fourth-order valence-corrected chi connectivity index (χ4v) is 3.08. The van der Waals surface area contributed by atoms with Crippen LogP contribution in [-0.4, -0.2) is 23.4 Å². The molecule has 0 aliphatic heterocycles. The van der Waals surface area contributed by atoms with Crippen LogP contribution >= 0.6 is 22.6 Å². The second-order valence-corrected chi connectivity index (χ2v) is 5.76. The van der Waals surface area contributed by atoms with Gasteiger partial charge in [0, 0.05) is 11.0 Å². The van der Waals surface area contributed by atoms with Gasteiger partial charge in [-0.05, 0) is 44.9 Å². The smallest absolute Gasteiger partial charge is 0.155 e. The van der Waals surface area contributed by atoms with Gasteiger partial charge in [0.15, 0.2) is 6.29 Å². The first-order chi connectivity index (χ1) is 7.71. The van der Waals surface area contributed by atoms with Crippen LogP contribution in [0.25, 0.3) is 0 Å². The fourth-order valence-electron chi connectivity index (χ4n) is 2.47. The number of ether oxygens (including phenoxy) is 2. The van der Waals surface area contributed by atoms with Crippen molar-refractivity contribution in [2.75, 3.05) is 11.0 Å². The molecule has 0 amide bonds. The lowest BCUT2D eigenvalue weighted by Gasteiger charge is -2.40. The molecule has 2 unspecified atom stereocenters. The highest BCUT2D eigenvalue weighted by Gasteiger charge is 2.34. The first kappa shape index (κ1) is 14.7. The van der Waals surface area contributed by atoms with Crippen molar-refractivity contribution >= 4 is 22.6 Å². The van der Waals surface area contributed by atoms with Crippen LogP contribution in [0.4, 0.5) is 0 Å². The van der Waals surface area contributed by atoms with E-state index in [1.807, 2.05) is 13.8 Å². The van der Waals surface area contributed by atoms with E-state index in [0.29, 0.717) is 6.10 Å². The number of hydrogen-bond acceptors (Lipinski definition) is 2. The molecule has 96 valence electrons. The van der Waals surface area contributed by atoms with E-state index in [1.54, 1.807) is 0 Å². The third-order valence-corrected chi connectivity index (χ3v) is 4.16. The van der Waals surface area contributed by atoms with E-state index in [-0.39, 0.29) is 6.29 Å². The van der Waals surface area contributed by atoms with Gasteiger partial charge in [-0.25, -0.2) is 0 Å². The maximum atomic E-state index is 6.00. The SMILES string of the molecule is CCOC(C)OC(CCI)C1CC(CC)C1. The van der Waals surface area contributed by atoms with Crippen LogP contribution < -0.4 is 0 Å². The summed E-state index contributed by atoms with van der Waals surface area (Å²) >= 11 is 2.44. The van der Waals surface area contributed by atoms with Crippen molar-refractivity contribution in [3.63, 3.8) is 0 Å². The van der Waals surface area contributed by atoms with E-state index in [0.717, 1.165) is 18.4 Å². The van der Waals surface area contributed by atoms with Gasteiger partial charge in [-0.2, -0.15) is 0 Å². The minimum atomic E-state index is -0.0429. The van der Waals surface area contributed by atoms with E-state index in [9.17, 15) is 0 Å². The van der Waals surface area contributed by atoms with E-state index in [1.165, 1.54) is 30.1 Å². The summed E-state index contributed by atoms with van der Waals surface area (Å²) in [4.78, 5) is 0. The fraction of sp³-hybridized carbons (Fsp3) is 1.00. The minimum absolute atomic E-state index is 0.0429. The summed E-state index contributed by atoms with van der Waals surface area (Å²) in [5.74, 6) is 1.73. The molecule has 16 heavy (non-hydrogen) atoms. The quantitative estimate of drug-likeness (QED) is 0.378. The van der Waals surface area contributed by atoms with Gasteiger partial charge in [-0.3, -0.25) is 0 Å². The molecule has 0 bridgehead atoms. The van der Waals surface area contributed by atoms with E-state index in [2.05, 4.69) is 29.5 Å². The van der Waals surface area contributed by atoms with Gasteiger partial charge >= 0.3 is 0 Å². The van der Waals surface area contributed by atoms with Gasteiger partial charge in [-0.1, -0.05) is 35.9 Å². The Bertz CT molecular complexity index is 181. The highest BCUT2D eigenvalue weighted by atomic mass is 127. The molecule has 0 N–H and O–H groups in total. The summed E-state index contributed by atoms with van der Waals surface area (Å²) in [6.45, 7) is 7.06. The molecule has 0 spiro atoms. The zero-order valence-corrected chi connectivity index (χ0v) is 12.9. The van der Waals surface area contributed by atoms with Crippen molar-refractivity contribution in [3.05, 3.63) is 0 Å². The first-order valence-electron chi connectivity index (χ1n) is 6.54. The van der Waals surface area contributed by atoms with Crippen LogP contribution in [-0.2, 0) is 9.47 Å². The van der Waals surface area contributed by atoms with Gasteiger partial charge < -0.3 is 9.47 Å². The summed E-state index contributed by atoms with van der Waals surface area (Å²) in [5.41, 5.74) is 0. The summed E-state index contributed by atoms with van der Waals surface area (Å²) in [6, 6.07) is 0. The van der Waals surface area contributed by atoms with Crippen molar-refractivity contribution in [1.82, 2.24) is 0 Å². The lowest BCUT2D eigenvalue weighted by Crippen LogP contribution is -2.37. The molecule has 1 rings (SSSR count). The van der Waals surface area contributed by atoms with Gasteiger partial charge in [0.1, 0.15) is 0 Å². The van der Waals surface area contributed by atoms with Crippen LogP contribution in [0.15, 0.2) is 0 Å². The van der Waals surface area contributed by atoms with Crippen LogP contribution in [0.1, 0.15) is 46.5 Å². The summed E-state index contributed by atoms with van der Waals surface area (Å²) < 4.78 is 12.6. The van der Waals surface area contributed by atoms with Gasteiger partial charge in [0.25, 0.3) is 0 Å². The maximum Gasteiger partial charge on any atom is 0.155 e. The second-order valence-electron chi connectivity index (χ2n) is 4.68. The van der Waals surface area contributed by atoms with Crippen molar-refractivity contribution in [2.45, 2.75) is 58.8 Å². The molecule has 1 aliphatic rings. The molecule has 2 nitrogen and oxygen atoms in total.